The van der Waals surface area contributed by atoms with E-state index in [1.54, 1.807) is 0 Å². The maximum Gasteiger partial charge on any atom is 0.136 e. The summed E-state index contributed by atoms with van der Waals surface area (Å²) >= 11 is 0. The van der Waals surface area contributed by atoms with Gasteiger partial charge in [0.1, 0.15) is 11.6 Å². The van der Waals surface area contributed by atoms with Crippen molar-refractivity contribution < 1.29 is 4.79 Å². The molecule has 0 radical (unpaired) electrons. The first kappa shape index (κ1) is 19.1. The third-order valence-electron chi connectivity index (χ3n) is 6.39. The van der Waals surface area contributed by atoms with Crippen molar-refractivity contribution in [1.29, 1.82) is 0 Å². The molecule has 1 saturated heterocycles. The van der Waals surface area contributed by atoms with Crippen LogP contribution >= 0.6 is 0 Å². The molecule has 3 aliphatic rings. The summed E-state index contributed by atoms with van der Waals surface area (Å²) in [6.45, 7) is 2.95. The smallest absolute Gasteiger partial charge is 0.136 e. The molecule has 8 bridgehead atoms. The molecule has 1 aromatic heterocycles. The van der Waals surface area contributed by atoms with Crippen molar-refractivity contribution in [2.24, 2.45) is 5.92 Å². The third kappa shape index (κ3) is 4.34. The first-order chi connectivity index (χ1) is 14.7. The quantitative estimate of drug-likeness (QED) is 0.562. The van der Waals surface area contributed by atoms with Gasteiger partial charge in [0.25, 0.3) is 0 Å². The number of nitrogens with zero attached hydrogens (tertiary/aromatic N) is 3. The van der Waals surface area contributed by atoms with E-state index in [0.717, 1.165) is 62.4 Å². The van der Waals surface area contributed by atoms with Gasteiger partial charge in [-0.25, -0.2) is 9.97 Å². The number of rotatable bonds is 0. The van der Waals surface area contributed by atoms with Gasteiger partial charge in [0.05, 0.1) is 5.69 Å². The summed E-state index contributed by atoms with van der Waals surface area (Å²) in [4.78, 5) is 24.6. The van der Waals surface area contributed by atoms with Crippen LogP contribution in [0.2, 0.25) is 0 Å². The van der Waals surface area contributed by atoms with Crippen molar-refractivity contribution in [3.63, 3.8) is 0 Å². The molecule has 0 N–H and O–H groups in total. The van der Waals surface area contributed by atoms with Crippen LogP contribution in [-0.2, 0) is 24.2 Å². The van der Waals surface area contributed by atoms with E-state index < -0.39 is 0 Å². The topological polar surface area (TPSA) is 46.1 Å². The third-order valence-corrected chi connectivity index (χ3v) is 6.39. The second kappa shape index (κ2) is 8.49. The Kier molecular flexibility index (Phi) is 5.41. The lowest BCUT2D eigenvalue weighted by Crippen LogP contribution is -2.36. The number of Topliss-reactive ketones (excluding diaryl/α,β-unsaturated/α-hetero) is 1. The van der Waals surface area contributed by atoms with Crippen molar-refractivity contribution in [3.8, 4) is 11.3 Å². The molecular formula is C26H27N3O. The Balaban J connectivity index is 1.50. The van der Waals surface area contributed by atoms with Crippen LogP contribution in [0.3, 0.4) is 0 Å². The normalized spacial score (nSPS) is 21.7. The molecule has 4 heterocycles. The van der Waals surface area contributed by atoms with Crippen molar-refractivity contribution >= 4 is 5.78 Å². The molecule has 152 valence electrons. The molecule has 6 rings (SSSR count). The Morgan fingerprint density at radius 1 is 0.867 bits per heavy atom. The maximum absolute atomic E-state index is 12.8. The van der Waals surface area contributed by atoms with Crippen LogP contribution in [0.1, 0.15) is 41.8 Å². The van der Waals surface area contributed by atoms with Crippen molar-refractivity contribution in [1.82, 2.24) is 14.9 Å². The number of benzene rings is 2. The molecule has 0 saturated carbocycles. The van der Waals surface area contributed by atoms with Gasteiger partial charge in [-0.05, 0) is 61.2 Å². The van der Waals surface area contributed by atoms with E-state index in [9.17, 15) is 4.79 Å². The fourth-order valence-corrected chi connectivity index (χ4v) is 4.69. The van der Waals surface area contributed by atoms with Crippen molar-refractivity contribution in [2.75, 3.05) is 13.1 Å². The first-order valence-corrected chi connectivity index (χ1v) is 11.0. The number of carbonyl (C=O) groups is 1. The lowest BCUT2D eigenvalue weighted by Gasteiger charge is -2.31. The number of piperidine rings is 1. The van der Waals surface area contributed by atoms with Gasteiger partial charge in [0.2, 0.25) is 0 Å². The second-order valence-corrected chi connectivity index (χ2v) is 8.57. The molecule has 30 heavy (non-hydrogen) atoms. The van der Waals surface area contributed by atoms with E-state index >= 15 is 0 Å². The average Bonchev–Trinajstić information content (AvgIpc) is 2.78. The monoisotopic (exact) mass is 397 g/mol. The maximum atomic E-state index is 12.8. The average molecular weight is 398 g/mol. The fourth-order valence-electron chi connectivity index (χ4n) is 4.69. The zero-order valence-electron chi connectivity index (χ0n) is 17.3. The number of carbonyl (C=O) groups excluding carboxylic acids is 1. The number of hydrogen-bond acceptors (Lipinski definition) is 4. The number of fused-ring (bicyclic) bond motifs is 4. The minimum absolute atomic E-state index is 0.221. The van der Waals surface area contributed by atoms with E-state index in [4.69, 9.17) is 4.98 Å². The summed E-state index contributed by atoms with van der Waals surface area (Å²) in [5.74, 6) is 1.48. The molecular weight excluding hydrogens is 370 g/mol. The van der Waals surface area contributed by atoms with E-state index in [2.05, 4.69) is 58.4 Å². The molecule has 4 nitrogen and oxygen atoms in total. The molecule has 3 aromatic rings. The van der Waals surface area contributed by atoms with Crippen molar-refractivity contribution in [3.05, 3.63) is 83.3 Å². The molecule has 0 spiro atoms. The highest BCUT2D eigenvalue weighted by atomic mass is 16.1. The SMILES string of the molecule is O=C1CCc2cccc(c2)-c2ccnc(n2)Cc2cccc(c2)CN2CCC1CC2. The largest absolute Gasteiger partial charge is 0.299 e. The Morgan fingerprint density at radius 2 is 1.67 bits per heavy atom. The van der Waals surface area contributed by atoms with Gasteiger partial charge >= 0.3 is 0 Å². The van der Waals surface area contributed by atoms with Gasteiger partial charge in [-0.3, -0.25) is 9.69 Å². The van der Waals surface area contributed by atoms with Crippen LogP contribution in [0.4, 0.5) is 0 Å². The summed E-state index contributed by atoms with van der Waals surface area (Å²) in [7, 11) is 0. The number of aromatic nitrogens is 2. The second-order valence-electron chi connectivity index (χ2n) is 8.57. The summed E-state index contributed by atoms with van der Waals surface area (Å²) in [5.41, 5.74) is 5.79. The van der Waals surface area contributed by atoms with Gasteiger partial charge in [0.15, 0.2) is 0 Å². The summed E-state index contributed by atoms with van der Waals surface area (Å²) < 4.78 is 0. The summed E-state index contributed by atoms with van der Waals surface area (Å²) in [6, 6.07) is 19.2. The molecule has 1 fully saturated rings. The summed E-state index contributed by atoms with van der Waals surface area (Å²) in [5, 5.41) is 0. The van der Waals surface area contributed by atoms with Crippen LogP contribution in [0.25, 0.3) is 11.3 Å². The minimum Gasteiger partial charge on any atom is -0.299 e. The Hall–Kier alpha value is -2.85. The first-order valence-electron chi connectivity index (χ1n) is 11.0. The Morgan fingerprint density at radius 3 is 2.57 bits per heavy atom. The molecule has 3 aliphatic heterocycles. The highest BCUT2D eigenvalue weighted by Crippen LogP contribution is 2.24. The Bertz CT molecular complexity index is 1050. The van der Waals surface area contributed by atoms with Gasteiger partial charge in [-0.1, -0.05) is 42.5 Å². The molecule has 0 atom stereocenters. The van der Waals surface area contributed by atoms with Crippen molar-refractivity contribution in [2.45, 2.75) is 38.6 Å². The van der Waals surface area contributed by atoms with E-state index in [1.807, 2.05) is 12.3 Å². The predicted molar refractivity (Wildman–Crippen MR) is 118 cm³/mol. The number of ketones is 1. The predicted octanol–water partition coefficient (Wildman–Crippen LogP) is 4.46. The van der Waals surface area contributed by atoms with Crippen LogP contribution in [0.5, 0.6) is 0 Å². The molecule has 2 aromatic carbocycles. The van der Waals surface area contributed by atoms with Crippen LogP contribution < -0.4 is 0 Å². The lowest BCUT2D eigenvalue weighted by molar-refractivity contribution is -0.124. The van der Waals surface area contributed by atoms with Crippen LogP contribution in [0, 0.1) is 5.92 Å². The molecule has 0 amide bonds. The van der Waals surface area contributed by atoms with Gasteiger partial charge in [-0.2, -0.15) is 0 Å². The molecule has 0 unspecified atom stereocenters. The van der Waals surface area contributed by atoms with Gasteiger partial charge < -0.3 is 0 Å². The molecule has 4 heteroatoms. The van der Waals surface area contributed by atoms with E-state index in [-0.39, 0.29) is 5.92 Å². The highest BCUT2D eigenvalue weighted by Gasteiger charge is 2.24. The highest BCUT2D eigenvalue weighted by molar-refractivity contribution is 5.81. The van der Waals surface area contributed by atoms with Crippen LogP contribution in [0.15, 0.2) is 60.8 Å². The standard InChI is InChI=1S/C26H27N3O/c30-25-8-7-19-3-2-6-23(16-19)24-9-12-27-26(28-24)17-20-4-1-5-21(15-20)18-29-13-10-22(25)11-14-29/h1-6,9,12,15-16,22H,7-8,10-11,13-14,17-18H2. The lowest BCUT2D eigenvalue weighted by atomic mass is 9.89. The zero-order valence-corrected chi connectivity index (χ0v) is 17.3. The van der Waals surface area contributed by atoms with Crippen LogP contribution in [-0.4, -0.2) is 33.7 Å². The zero-order chi connectivity index (χ0) is 20.3. The van der Waals surface area contributed by atoms with Gasteiger partial charge in [-0.15, -0.1) is 0 Å². The molecule has 0 aliphatic carbocycles. The fraction of sp³-hybridized carbons (Fsp3) is 0.346. The minimum atomic E-state index is 0.221. The number of hydrogen-bond donors (Lipinski definition) is 0. The van der Waals surface area contributed by atoms with E-state index in [0.29, 0.717) is 12.2 Å². The van der Waals surface area contributed by atoms with Gasteiger partial charge in [0, 0.05) is 37.1 Å². The Labute approximate surface area is 178 Å². The number of aryl methyl sites for hydroxylation is 1. The van der Waals surface area contributed by atoms with E-state index in [1.165, 1.54) is 16.7 Å². The summed E-state index contributed by atoms with van der Waals surface area (Å²) in [6.07, 6.45) is 5.98.